The number of imidazole rings is 1. The first-order valence-electron chi connectivity index (χ1n) is 6.53. The molecular weight excluding hydrogens is 379 g/mol. The van der Waals surface area contributed by atoms with Crippen molar-refractivity contribution >= 4 is 45.8 Å². The van der Waals surface area contributed by atoms with Crippen molar-refractivity contribution in [1.29, 1.82) is 0 Å². The summed E-state index contributed by atoms with van der Waals surface area (Å²) in [4.78, 5) is 3.31. The topological polar surface area (TPSA) is 20.7 Å². The van der Waals surface area contributed by atoms with Crippen molar-refractivity contribution < 1.29 is 0 Å². The standard InChI is InChI=1S/C16H15IN2S/c1-10-5-3-4-6-13(10)11(2)19-15-8-7-12(17)9-14(15)18-16(19)20/h3-9,11H,1-2H3,(H,18,20). The van der Waals surface area contributed by atoms with Crippen LogP contribution in [0.5, 0.6) is 0 Å². The number of H-pyrrole nitrogens is 1. The SMILES string of the molecule is Cc1ccccc1C(C)n1c(=S)[nH]c2cc(I)ccc21. The van der Waals surface area contributed by atoms with E-state index in [0.29, 0.717) is 0 Å². The molecule has 0 aliphatic heterocycles. The second kappa shape index (κ2) is 5.33. The maximum absolute atomic E-state index is 5.52. The third-order valence-corrected chi connectivity index (χ3v) is 4.67. The van der Waals surface area contributed by atoms with E-state index in [1.807, 2.05) is 0 Å². The van der Waals surface area contributed by atoms with Gasteiger partial charge in [-0.2, -0.15) is 0 Å². The molecule has 0 fully saturated rings. The van der Waals surface area contributed by atoms with Gasteiger partial charge in [0.15, 0.2) is 4.77 Å². The zero-order valence-corrected chi connectivity index (χ0v) is 14.3. The van der Waals surface area contributed by atoms with E-state index in [2.05, 4.69) is 88.5 Å². The molecule has 0 radical (unpaired) electrons. The summed E-state index contributed by atoms with van der Waals surface area (Å²) in [6.45, 7) is 4.34. The number of nitrogens with one attached hydrogen (secondary N) is 1. The fraction of sp³-hybridized carbons (Fsp3) is 0.188. The van der Waals surface area contributed by atoms with Crippen LogP contribution in [0.3, 0.4) is 0 Å². The summed E-state index contributed by atoms with van der Waals surface area (Å²) in [7, 11) is 0. The average molecular weight is 394 g/mol. The zero-order valence-electron chi connectivity index (χ0n) is 11.4. The van der Waals surface area contributed by atoms with Crippen LogP contribution in [0.4, 0.5) is 0 Å². The third-order valence-electron chi connectivity index (χ3n) is 3.70. The summed E-state index contributed by atoms with van der Waals surface area (Å²) in [6, 6.07) is 15.1. The highest BCUT2D eigenvalue weighted by Crippen LogP contribution is 2.27. The van der Waals surface area contributed by atoms with Crippen LogP contribution in [-0.4, -0.2) is 9.55 Å². The van der Waals surface area contributed by atoms with Crippen LogP contribution in [0.25, 0.3) is 11.0 Å². The van der Waals surface area contributed by atoms with Crippen LogP contribution in [0.1, 0.15) is 24.1 Å². The Balaban J connectivity index is 2.22. The van der Waals surface area contributed by atoms with Gasteiger partial charge < -0.3 is 9.55 Å². The monoisotopic (exact) mass is 394 g/mol. The van der Waals surface area contributed by atoms with Crippen LogP contribution in [0, 0.1) is 15.3 Å². The summed E-state index contributed by atoms with van der Waals surface area (Å²) in [6.07, 6.45) is 0. The zero-order chi connectivity index (χ0) is 14.3. The first-order valence-corrected chi connectivity index (χ1v) is 8.02. The second-order valence-corrected chi connectivity index (χ2v) is 6.63. The molecule has 20 heavy (non-hydrogen) atoms. The van der Waals surface area contributed by atoms with Gasteiger partial charge in [0.2, 0.25) is 0 Å². The number of aryl methyl sites for hydroxylation is 1. The predicted octanol–water partition coefficient (Wildman–Crippen LogP) is 5.22. The van der Waals surface area contributed by atoms with Crippen LogP contribution < -0.4 is 0 Å². The van der Waals surface area contributed by atoms with Crippen molar-refractivity contribution in [1.82, 2.24) is 9.55 Å². The number of nitrogens with zero attached hydrogens (tertiary/aromatic N) is 1. The van der Waals surface area contributed by atoms with Gasteiger partial charge in [0.1, 0.15) is 0 Å². The van der Waals surface area contributed by atoms with Gasteiger partial charge in [-0.1, -0.05) is 24.3 Å². The van der Waals surface area contributed by atoms with Crippen molar-refractivity contribution in [2.45, 2.75) is 19.9 Å². The molecular formula is C16H15IN2S. The second-order valence-electron chi connectivity index (χ2n) is 4.99. The predicted molar refractivity (Wildman–Crippen MR) is 94.8 cm³/mol. The Morgan fingerprint density at radius 2 is 1.95 bits per heavy atom. The Bertz CT molecular complexity index is 832. The van der Waals surface area contributed by atoms with Crippen molar-refractivity contribution in [2.24, 2.45) is 0 Å². The number of fused-ring (bicyclic) bond motifs is 1. The maximum atomic E-state index is 5.52. The molecule has 2 aromatic carbocycles. The normalized spacial score (nSPS) is 12.8. The van der Waals surface area contributed by atoms with Gasteiger partial charge in [0.25, 0.3) is 0 Å². The lowest BCUT2D eigenvalue weighted by Crippen LogP contribution is -2.08. The van der Waals surface area contributed by atoms with Crippen molar-refractivity contribution in [2.75, 3.05) is 0 Å². The van der Waals surface area contributed by atoms with Crippen molar-refractivity contribution in [3.63, 3.8) is 0 Å². The van der Waals surface area contributed by atoms with E-state index >= 15 is 0 Å². The van der Waals surface area contributed by atoms with Gasteiger partial charge in [0.05, 0.1) is 17.1 Å². The van der Waals surface area contributed by atoms with Crippen LogP contribution in [0.2, 0.25) is 0 Å². The van der Waals surface area contributed by atoms with Gasteiger partial charge in [0, 0.05) is 3.57 Å². The highest BCUT2D eigenvalue weighted by Gasteiger charge is 2.14. The number of hydrogen-bond donors (Lipinski definition) is 1. The number of halogens is 1. The first-order chi connectivity index (χ1) is 9.58. The van der Waals surface area contributed by atoms with E-state index in [1.165, 1.54) is 14.7 Å². The summed E-state index contributed by atoms with van der Waals surface area (Å²) >= 11 is 7.84. The minimum atomic E-state index is 0.220. The van der Waals surface area contributed by atoms with Crippen LogP contribution >= 0.6 is 34.8 Å². The van der Waals surface area contributed by atoms with Gasteiger partial charge in [-0.05, 0) is 78.0 Å². The molecule has 3 rings (SSSR count). The number of aromatic nitrogens is 2. The number of aromatic amines is 1. The molecule has 3 aromatic rings. The Morgan fingerprint density at radius 3 is 2.70 bits per heavy atom. The summed E-state index contributed by atoms with van der Waals surface area (Å²) in [5.41, 5.74) is 4.86. The molecule has 1 N–H and O–H groups in total. The number of hydrogen-bond acceptors (Lipinski definition) is 1. The largest absolute Gasteiger partial charge is 0.331 e. The smallest absolute Gasteiger partial charge is 0.178 e. The molecule has 1 aromatic heterocycles. The van der Waals surface area contributed by atoms with Crippen molar-refractivity contribution in [3.8, 4) is 0 Å². The van der Waals surface area contributed by atoms with E-state index in [9.17, 15) is 0 Å². The number of rotatable bonds is 2. The van der Waals surface area contributed by atoms with Gasteiger partial charge in [-0.15, -0.1) is 0 Å². The quantitative estimate of drug-likeness (QED) is 0.467. The molecule has 0 aliphatic rings. The van der Waals surface area contributed by atoms with Gasteiger partial charge in [-0.3, -0.25) is 0 Å². The van der Waals surface area contributed by atoms with Crippen LogP contribution in [0.15, 0.2) is 42.5 Å². The molecule has 0 saturated carbocycles. The lowest BCUT2D eigenvalue weighted by atomic mass is 10.0. The fourth-order valence-electron chi connectivity index (χ4n) is 2.68. The lowest BCUT2D eigenvalue weighted by Gasteiger charge is -2.17. The lowest BCUT2D eigenvalue weighted by molar-refractivity contribution is 0.645. The maximum Gasteiger partial charge on any atom is 0.178 e. The first kappa shape index (κ1) is 13.8. The van der Waals surface area contributed by atoms with E-state index in [0.717, 1.165) is 15.8 Å². The molecule has 0 aliphatic carbocycles. The highest BCUT2D eigenvalue weighted by molar-refractivity contribution is 14.1. The molecule has 0 amide bonds. The van der Waals surface area contributed by atoms with Crippen molar-refractivity contribution in [3.05, 3.63) is 61.9 Å². The van der Waals surface area contributed by atoms with Crippen LogP contribution in [-0.2, 0) is 0 Å². The molecule has 1 unspecified atom stereocenters. The van der Waals surface area contributed by atoms with E-state index in [-0.39, 0.29) is 6.04 Å². The Morgan fingerprint density at radius 1 is 1.20 bits per heavy atom. The molecule has 1 heterocycles. The molecule has 2 nitrogen and oxygen atoms in total. The molecule has 102 valence electrons. The van der Waals surface area contributed by atoms with E-state index in [1.54, 1.807) is 0 Å². The molecule has 0 bridgehead atoms. The number of benzene rings is 2. The molecule has 4 heteroatoms. The molecule has 0 saturated heterocycles. The summed E-state index contributed by atoms with van der Waals surface area (Å²) in [5, 5.41) is 0. The molecule has 1 atom stereocenters. The van der Waals surface area contributed by atoms with E-state index < -0.39 is 0 Å². The summed E-state index contributed by atoms with van der Waals surface area (Å²) in [5.74, 6) is 0. The fourth-order valence-corrected chi connectivity index (χ4v) is 3.54. The summed E-state index contributed by atoms with van der Waals surface area (Å²) < 4.78 is 4.18. The Hall–Kier alpha value is -1.14. The Kier molecular flexibility index (Phi) is 3.69. The van der Waals surface area contributed by atoms with E-state index in [4.69, 9.17) is 12.2 Å². The minimum absolute atomic E-state index is 0.220. The average Bonchev–Trinajstić information content (AvgIpc) is 2.73. The highest BCUT2D eigenvalue weighted by atomic mass is 127. The molecule has 0 spiro atoms. The Labute approximate surface area is 137 Å². The minimum Gasteiger partial charge on any atom is -0.331 e. The van der Waals surface area contributed by atoms with Gasteiger partial charge in [-0.25, -0.2) is 0 Å². The third kappa shape index (κ3) is 2.31. The van der Waals surface area contributed by atoms with Gasteiger partial charge >= 0.3 is 0 Å².